The smallest absolute Gasteiger partial charge is 0.333 e. The normalized spacial score (nSPS) is 13.3. The van der Waals surface area contributed by atoms with Gasteiger partial charge in [-0.2, -0.15) is 0 Å². The first-order valence-corrected chi connectivity index (χ1v) is 5.19. The molecule has 0 fully saturated rings. The molecule has 3 heteroatoms. The Hall–Kier alpha value is -1.61. The first kappa shape index (κ1) is 12.5. The fraction of sp³-hybridized carbons (Fsp3) is 0.308. The molecule has 86 valence electrons. The molecule has 0 heterocycles. The van der Waals surface area contributed by atoms with Crippen molar-refractivity contribution < 1.29 is 9.53 Å². The predicted molar refractivity (Wildman–Crippen MR) is 63.9 cm³/mol. The summed E-state index contributed by atoms with van der Waals surface area (Å²) in [6, 6.07) is 9.77. The van der Waals surface area contributed by atoms with Gasteiger partial charge < -0.3 is 10.5 Å². The third-order valence-electron chi connectivity index (χ3n) is 2.29. The van der Waals surface area contributed by atoms with Crippen molar-refractivity contribution in [3.8, 4) is 0 Å². The summed E-state index contributed by atoms with van der Waals surface area (Å²) in [5.74, 6) is -0.330. The van der Waals surface area contributed by atoms with Gasteiger partial charge in [0.1, 0.15) is 0 Å². The number of benzene rings is 1. The van der Waals surface area contributed by atoms with Gasteiger partial charge in [0.15, 0.2) is 0 Å². The second-order valence-electron chi connectivity index (χ2n) is 3.69. The number of esters is 1. The van der Waals surface area contributed by atoms with Crippen molar-refractivity contribution in [1.82, 2.24) is 0 Å². The third kappa shape index (κ3) is 3.87. The van der Waals surface area contributed by atoms with Crippen molar-refractivity contribution in [2.45, 2.75) is 19.4 Å². The van der Waals surface area contributed by atoms with Crippen LogP contribution in [-0.4, -0.2) is 19.1 Å². The number of carbonyl (C=O) groups is 1. The molecule has 0 radical (unpaired) electrons. The molecule has 1 atom stereocenters. The van der Waals surface area contributed by atoms with Gasteiger partial charge in [-0.1, -0.05) is 36.4 Å². The van der Waals surface area contributed by atoms with Crippen LogP contribution in [0.5, 0.6) is 0 Å². The van der Waals surface area contributed by atoms with Crippen LogP contribution in [0.2, 0.25) is 0 Å². The van der Waals surface area contributed by atoms with E-state index >= 15 is 0 Å². The first-order valence-electron chi connectivity index (χ1n) is 5.19. The lowest BCUT2D eigenvalue weighted by Crippen LogP contribution is -2.21. The average molecular weight is 219 g/mol. The van der Waals surface area contributed by atoms with E-state index in [2.05, 4.69) is 4.74 Å². The summed E-state index contributed by atoms with van der Waals surface area (Å²) in [7, 11) is 1.36. The van der Waals surface area contributed by atoms with E-state index in [0.29, 0.717) is 5.57 Å². The summed E-state index contributed by atoms with van der Waals surface area (Å²) in [6.07, 6.45) is 2.45. The zero-order valence-electron chi connectivity index (χ0n) is 9.64. The fourth-order valence-corrected chi connectivity index (χ4v) is 1.50. The number of methoxy groups -OCH3 is 1. The molecule has 1 aromatic carbocycles. The molecule has 0 spiro atoms. The SMILES string of the molecule is COC(=O)/C(C)=C/C(N)Cc1ccccc1. The van der Waals surface area contributed by atoms with E-state index in [4.69, 9.17) is 5.73 Å². The summed E-state index contributed by atoms with van der Waals surface area (Å²) in [5, 5.41) is 0. The van der Waals surface area contributed by atoms with Crippen LogP contribution in [-0.2, 0) is 16.0 Å². The molecule has 0 saturated carbocycles. The van der Waals surface area contributed by atoms with Crippen LogP contribution in [0.4, 0.5) is 0 Å². The van der Waals surface area contributed by atoms with Crippen LogP contribution in [0.15, 0.2) is 42.0 Å². The third-order valence-corrected chi connectivity index (χ3v) is 2.29. The molecular formula is C13H17NO2. The lowest BCUT2D eigenvalue weighted by molar-refractivity contribution is -0.136. The Bertz CT molecular complexity index is 371. The Labute approximate surface area is 95.9 Å². The fourth-order valence-electron chi connectivity index (χ4n) is 1.50. The van der Waals surface area contributed by atoms with E-state index in [1.54, 1.807) is 13.0 Å². The molecule has 1 aromatic rings. The molecule has 1 rings (SSSR count). The van der Waals surface area contributed by atoms with Gasteiger partial charge >= 0.3 is 5.97 Å². The van der Waals surface area contributed by atoms with Gasteiger partial charge in [-0.05, 0) is 18.9 Å². The van der Waals surface area contributed by atoms with E-state index in [1.165, 1.54) is 7.11 Å². The highest BCUT2D eigenvalue weighted by Gasteiger charge is 2.06. The summed E-state index contributed by atoms with van der Waals surface area (Å²) < 4.78 is 4.60. The largest absolute Gasteiger partial charge is 0.466 e. The Balaban J connectivity index is 2.60. The van der Waals surface area contributed by atoms with Gasteiger partial charge in [-0.15, -0.1) is 0 Å². The maximum atomic E-state index is 11.2. The van der Waals surface area contributed by atoms with Crippen molar-refractivity contribution >= 4 is 5.97 Å². The Morgan fingerprint density at radius 2 is 2.06 bits per heavy atom. The molecule has 16 heavy (non-hydrogen) atoms. The number of carbonyl (C=O) groups excluding carboxylic acids is 1. The van der Waals surface area contributed by atoms with Crippen molar-refractivity contribution in [1.29, 1.82) is 0 Å². The molecule has 0 aliphatic carbocycles. The Kier molecular flexibility index (Phi) is 4.73. The summed E-state index contributed by atoms with van der Waals surface area (Å²) in [4.78, 5) is 11.2. The highest BCUT2D eigenvalue weighted by atomic mass is 16.5. The number of hydrogen-bond donors (Lipinski definition) is 1. The second kappa shape index (κ2) is 6.08. The highest BCUT2D eigenvalue weighted by molar-refractivity contribution is 5.87. The average Bonchev–Trinajstić information content (AvgIpc) is 2.29. The molecule has 0 aliphatic heterocycles. The molecular weight excluding hydrogens is 202 g/mol. The van der Waals surface area contributed by atoms with Gasteiger partial charge in [-0.25, -0.2) is 4.79 Å². The van der Waals surface area contributed by atoms with Crippen molar-refractivity contribution in [3.63, 3.8) is 0 Å². The van der Waals surface area contributed by atoms with Crippen LogP contribution in [0.1, 0.15) is 12.5 Å². The summed E-state index contributed by atoms with van der Waals surface area (Å²) in [6.45, 7) is 1.71. The van der Waals surface area contributed by atoms with E-state index in [1.807, 2.05) is 30.3 Å². The van der Waals surface area contributed by atoms with Crippen LogP contribution < -0.4 is 5.73 Å². The second-order valence-corrected chi connectivity index (χ2v) is 3.69. The number of hydrogen-bond acceptors (Lipinski definition) is 3. The standard InChI is InChI=1S/C13H17NO2/c1-10(13(15)16-2)8-12(14)9-11-6-4-3-5-7-11/h3-8,12H,9,14H2,1-2H3/b10-8+. The van der Waals surface area contributed by atoms with Crippen molar-refractivity contribution in [2.24, 2.45) is 5.73 Å². The topological polar surface area (TPSA) is 52.3 Å². The zero-order chi connectivity index (χ0) is 12.0. The maximum absolute atomic E-state index is 11.2. The van der Waals surface area contributed by atoms with E-state index in [-0.39, 0.29) is 12.0 Å². The van der Waals surface area contributed by atoms with Crippen LogP contribution >= 0.6 is 0 Å². The van der Waals surface area contributed by atoms with Crippen LogP contribution in [0.25, 0.3) is 0 Å². The van der Waals surface area contributed by atoms with Gasteiger partial charge in [0.2, 0.25) is 0 Å². The van der Waals surface area contributed by atoms with Gasteiger partial charge in [0.05, 0.1) is 7.11 Å². The van der Waals surface area contributed by atoms with E-state index < -0.39 is 0 Å². The van der Waals surface area contributed by atoms with E-state index in [9.17, 15) is 4.79 Å². The lowest BCUT2D eigenvalue weighted by Gasteiger charge is -2.08. The van der Waals surface area contributed by atoms with Crippen molar-refractivity contribution in [3.05, 3.63) is 47.5 Å². The molecule has 3 nitrogen and oxygen atoms in total. The lowest BCUT2D eigenvalue weighted by atomic mass is 10.0. The monoisotopic (exact) mass is 219 g/mol. The predicted octanol–water partition coefficient (Wildman–Crippen LogP) is 1.68. The molecule has 0 aromatic heterocycles. The maximum Gasteiger partial charge on any atom is 0.333 e. The molecule has 1 unspecified atom stereocenters. The molecule has 0 bridgehead atoms. The quantitative estimate of drug-likeness (QED) is 0.619. The van der Waals surface area contributed by atoms with Gasteiger partial charge in [0, 0.05) is 11.6 Å². The molecule has 2 N–H and O–H groups in total. The minimum Gasteiger partial charge on any atom is -0.466 e. The number of rotatable bonds is 4. The van der Waals surface area contributed by atoms with E-state index in [0.717, 1.165) is 12.0 Å². The molecule has 0 amide bonds. The Morgan fingerprint density at radius 1 is 1.44 bits per heavy atom. The highest BCUT2D eigenvalue weighted by Crippen LogP contribution is 2.05. The number of nitrogens with two attached hydrogens (primary N) is 1. The number of ether oxygens (including phenoxy) is 1. The van der Waals surface area contributed by atoms with Crippen LogP contribution in [0, 0.1) is 0 Å². The molecule has 0 aliphatic rings. The summed E-state index contributed by atoms with van der Waals surface area (Å²) >= 11 is 0. The minimum atomic E-state index is -0.330. The summed E-state index contributed by atoms with van der Waals surface area (Å²) in [5.41, 5.74) is 7.62. The zero-order valence-corrected chi connectivity index (χ0v) is 9.64. The minimum absolute atomic E-state index is 0.165. The van der Waals surface area contributed by atoms with Gasteiger partial charge in [-0.3, -0.25) is 0 Å². The van der Waals surface area contributed by atoms with Crippen LogP contribution in [0.3, 0.4) is 0 Å². The van der Waals surface area contributed by atoms with Crippen molar-refractivity contribution in [2.75, 3.05) is 7.11 Å². The first-order chi connectivity index (χ1) is 7.63. The Morgan fingerprint density at radius 3 is 2.62 bits per heavy atom. The molecule has 0 saturated heterocycles. The van der Waals surface area contributed by atoms with Gasteiger partial charge in [0.25, 0.3) is 0 Å².